The number of aromatic nitrogens is 2. The predicted molar refractivity (Wildman–Crippen MR) is 204 cm³/mol. The summed E-state index contributed by atoms with van der Waals surface area (Å²) in [6.07, 6.45) is 18.3. The van der Waals surface area contributed by atoms with Gasteiger partial charge < -0.3 is 10.2 Å². The largest absolute Gasteiger partial charge is 0.385 e. The molecule has 0 saturated heterocycles. The van der Waals surface area contributed by atoms with Gasteiger partial charge in [-0.2, -0.15) is 0 Å². The molecule has 3 aliphatic heterocycles. The van der Waals surface area contributed by atoms with Gasteiger partial charge in [0.2, 0.25) is 0 Å². The van der Waals surface area contributed by atoms with Gasteiger partial charge in [-0.1, -0.05) is 42.5 Å². The SMILES string of the molecule is C[C@H]1C=C(c2cccc(C3=NC(c4cc(-c5ccncc5)cc(-c5ccncc5)c4)NC(c4cccc(C5=CC=NCC5)c4)N3C)c2)C=CN1. The third-order valence-electron chi connectivity index (χ3n) is 9.56. The summed E-state index contributed by atoms with van der Waals surface area (Å²) in [6.45, 7) is 2.98. The molecule has 0 amide bonds. The van der Waals surface area contributed by atoms with Crippen molar-refractivity contribution in [1.82, 2.24) is 25.5 Å². The number of nitrogens with zero attached hydrogens (tertiary/aromatic N) is 5. The number of aliphatic imine (C=N–C) groups is 2. The topological polar surface area (TPSA) is 77.8 Å². The molecule has 0 fully saturated rings. The van der Waals surface area contributed by atoms with Crippen molar-refractivity contribution in [3.63, 3.8) is 0 Å². The van der Waals surface area contributed by atoms with E-state index in [9.17, 15) is 0 Å². The lowest BCUT2D eigenvalue weighted by atomic mass is 9.94. The van der Waals surface area contributed by atoms with Crippen LogP contribution >= 0.6 is 0 Å². The molecule has 2 unspecified atom stereocenters. The van der Waals surface area contributed by atoms with E-state index in [0.29, 0.717) is 0 Å². The summed E-state index contributed by atoms with van der Waals surface area (Å²) < 4.78 is 0. The molecular formula is C43H39N7. The molecular weight excluding hydrogens is 615 g/mol. The fourth-order valence-corrected chi connectivity index (χ4v) is 6.96. The van der Waals surface area contributed by atoms with Crippen molar-refractivity contribution in [3.8, 4) is 22.3 Å². The highest BCUT2D eigenvalue weighted by Crippen LogP contribution is 2.36. The molecule has 0 saturated carbocycles. The van der Waals surface area contributed by atoms with Crippen LogP contribution in [0, 0.1) is 0 Å². The number of dihydropyridines is 2. The van der Waals surface area contributed by atoms with Gasteiger partial charge in [0.1, 0.15) is 18.2 Å². The van der Waals surface area contributed by atoms with Gasteiger partial charge in [-0.25, -0.2) is 4.99 Å². The Labute approximate surface area is 293 Å². The van der Waals surface area contributed by atoms with E-state index in [1.807, 2.05) is 37.2 Å². The predicted octanol–water partition coefficient (Wildman–Crippen LogP) is 8.24. The van der Waals surface area contributed by atoms with E-state index in [0.717, 1.165) is 52.2 Å². The van der Waals surface area contributed by atoms with Crippen molar-refractivity contribution in [3.05, 3.63) is 168 Å². The van der Waals surface area contributed by atoms with Crippen LogP contribution in [0.3, 0.4) is 0 Å². The summed E-state index contributed by atoms with van der Waals surface area (Å²) in [6, 6.07) is 32.9. The van der Waals surface area contributed by atoms with E-state index in [1.165, 1.54) is 27.8 Å². The van der Waals surface area contributed by atoms with Crippen molar-refractivity contribution in [2.75, 3.05) is 13.6 Å². The smallest absolute Gasteiger partial charge is 0.134 e. The Morgan fingerprint density at radius 2 is 1.36 bits per heavy atom. The lowest BCUT2D eigenvalue weighted by Crippen LogP contribution is -2.46. The average Bonchev–Trinajstić information content (AvgIpc) is 3.19. The maximum atomic E-state index is 5.49. The molecule has 2 aromatic heterocycles. The maximum absolute atomic E-state index is 5.49. The number of hydrogen-bond donors (Lipinski definition) is 2. The van der Waals surface area contributed by atoms with Crippen LogP contribution in [0.15, 0.2) is 150 Å². The van der Waals surface area contributed by atoms with Gasteiger partial charge >= 0.3 is 0 Å². The monoisotopic (exact) mass is 653 g/mol. The molecule has 0 bridgehead atoms. The van der Waals surface area contributed by atoms with Crippen molar-refractivity contribution in [1.29, 1.82) is 0 Å². The summed E-state index contributed by atoms with van der Waals surface area (Å²) in [5.41, 5.74) is 12.7. The Morgan fingerprint density at radius 1 is 0.700 bits per heavy atom. The Kier molecular flexibility index (Phi) is 8.72. The van der Waals surface area contributed by atoms with Crippen LogP contribution in [-0.2, 0) is 0 Å². The van der Waals surface area contributed by atoms with E-state index in [2.05, 4.69) is 154 Å². The van der Waals surface area contributed by atoms with Crippen LogP contribution in [0.25, 0.3) is 33.4 Å². The third-order valence-corrected chi connectivity index (χ3v) is 9.56. The molecule has 3 aromatic carbocycles. The van der Waals surface area contributed by atoms with Gasteiger partial charge in [-0.05, 0) is 142 Å². The highest BCUT2D eigenvalue weighted by Gasteiger charge is 2.31. The molecule has 5 heterocycles. The maximum Gasteiger partial charge on any atom is 0.134 e. The van der Waals surface area contributed by atoms with Gasteiger partial charge in [0.25, 0.3) is 0 Å². The molecule has 3 atom stereocenters. The van der Waals surface area contributed by atoms with E-state index in [1.54, 1.807) is 0 Å². The second kappa shape index (κ2) is 13.9. The summed E-state index contributed by atoms with van der Waals surface area (Å²) in [7, 11) is 2.14. The number of benzene rings is 3. The molecule has 0 radical (unpaired) electrons. The highest BCUT2D eigenvalue weighted by molar-refractivity contribution is 6.00. The fourth-order valence-electron chi connectivity index (χ4n) is 6.96. The van der Waals surface area contributed by atoms with Crippen LogP contribution in [0.2, 0.25) is 0 Å². The number of pyridine rings is 2. The van der Waals surface area contributed by atoms with Gasteiger partial charge in [0.15, 0.2) is 0 Å². The molecule has 50 heavy (non-hydrogen) atoms. The molecule has 7 heteroatoms. The van der Waals surface area contributed by atoms with Crippen LogP contribution in [0.5, 0.6) is 0 Å². The molecule has 8 rings (SSSR count). The number of hydrogen-bond acceptors (Lipinski definition) is 7. The van der Waals surface area contributed by atoms with Crippen molar-refractivity contribution >= 4 is 23.2 Å². The zero-order valence-corrected chi connectivity index (χ0v) is 28.2. The lowest BCUT2D eigenvalue weighted by Gasteiger charge is -2.39. The van der Waals surface area contributed by atoms with E-state index in [-0.39, 0.29) is 18.4 Å². The molecule has 7 nitrogen and oxygen atoms in total. The fraction of sp³-hybridized carbons (Fsp3) is 0.163. The molecule has 3 aliphatic rings. The lowest BCUT2D eigenvalue weighted by molar-refractivity contribution is 0.257. The molecule has 2 N–H and O–H groups in total. The molecule has 0 spiro atoms. The van der Waals surface area contributed by atoms with Crippen LogP contribution in [0.4, 0.5) is 0 Å². The highest BCUT2D eigenvalue weighted by atomic mass is 15.4. The minimum atomic E-state index is -0.320. The third kappa shape index (κ3) is 6.56. The Balaban J connectivity index is 1.27. The van der Waals surface area contributed by atoms with Crippen molar-refractivity contribution in [2.24, 2.45) is 9.98 Å². The molecule has 246 valence electrons. The van der Waals surface area contributed by atoms with Crippen LogP contribution in [-0.4, -0.2) is 46.6 Å². The van der Waals surface area contributed by atoms with Crippen LogP contribution in [0.1, 0.15) is 53.5 Å². The van der Waals surface area contributed by atoms with Gasteiger partial charge in [0.05, 0.1) is 0 Å². The first kappa shape index (κ1) is 31.4. The summed E-state index contributed by atoms with van der Waals surface area (Å²) >= 11 is 0. The molecule has 5 aromatic rings. The van der Waals surface area contributed by atoms with E-state index < -0.39 is 0 Å². The second-order valence-corrected chi connectivity index (χ2v) is 13.0. The average molecular weight is 654 g/mol. The number of allylic oxidation sites excluding steroid dienone is 3. The quantitative estimate of drug-likeness (QED) is 0.185. The summed E-state index contributed by atoms with van der Waals surface area (Å²) in [5.74, 6) is 0.932. The normalized spacial score (nSPS) is 20.1. The van der Waals surface area contributed by atoms with Crippen molar-refractivity contribution in [2.45, 2.75) is 31.7 Å². The zero-order chi connectivity index (χ0) is 33.9. The minimum absolute atomic E-state index is 0.138. The van der Waals surface area contributed by atoms with E-state index in [4.69, 9.17) is 4.99 Å². The Morgan fingerprint density at radius 3 is 2.06 bits per heavy atom. The number of rotatable bonds is 7. The Hall–Kier alpha value is -5.92. The summed E-state index contributed by atoms with van der Waals surface area (Å²) in [4.78, 5) is 20.7. The van der Waals surface area contributed by atoms with Crippen molar-refractivity contribution < 1.29 is 0 Å². The first-order valence-corrected chi connectivity index (χ1v) is 17.2. The Bertz CT molecular complexity index is 2110. The minimum Gasteiger partial charge on any atom is -0.385 e. The zero-order valence-electron chi connectivity index (χ0n) is 28.2. The molecule has 0 aliphatic carbocycles. The number of nitrogens with one attached hydrogen (secondary N) is 2. The van der Waals surface area contributed by atoms with Gasteiger partial charge in [-0.3, -0.25) is 20.3 Å². The van der Waals surface area contributed by atoms with E-state index >= 15 is 0 Å². The van der Waals surface area contributed by atoms with Crippen LogP contribution < -0.4 is 10.6 Å². The second-order valence-electron chi connectivity index (χ2n) is 13.0. The van der Waals surface area contributed by atoms with Gasteiger partial charge in [0, 0.05) is 56.2 Å². The first-order chi connectivity index (χ1) is 24.6. The number of amidine groups is 1. The first-order valence-electron chi connectivity index (χ1n) is 17.2. The summed E-state index contributed by atoms with van der Waals surface area (Å²) in [5, 5.41) is 7.30. The standard InChI is InChI=1S/C43H39N7/c1-29-23-35(15-22-47-29)34-6-4-8-37(25-34)43-49-41(48-42(50(43)2)36-7-3-5-33(24-36)30-9-16-44-17-10-30)40-27-38(31-11-18-45-19-12-31)26-39(28-40)32-13-20-46-21-14-32/h3-9,11-16,18-29,41-42,47-48H,10,17H2,1-2H3/t29-,41?,42?/m0/s1. The van der Waals surface area contributed by atoms with Gasteiger partial charge in [-0.15, -0.1) is 0 Å².